The quantitative estimate of drug-likeness (QED) is 0.331. The Bertz CT molecular complexity index is 920. The van der Waals surface area contributed by atoms with E-state index in [1.54, 1.807) is 0 Å². The molecule has 1 heteroatoms. The molecule has 0 aliphatic heterocycles. The largest absolute Gasteiger partial charge is 0.0617 e. The van der Waals surface area contributed by atoms with Crippen LogP contribution in [0.3, 0.4) is 0 Å². The normalized spacial score (nSPS) is 11.9. The van der Waals surface area contributed by atoms with Crippen LogP contribution in [0.4, 0.5) is 0 Å². The van der Waals surface area contributed by atoms with E-state index >= 15 is 0 Å². The third-order valence-corrected chi connectivity index (χ3v) is 6.68. The highest BCUT2D eigenvalue weighted by molar-refractivity contribution is 9.10. The molecular weight excluding hydrogens is 440 g/mol. The van der Waals surface area contributed by atoms with Crippen LogP contribution >= 0.6 is 15.9 Å². The van der Waals surface area contributed by atoms with E-state index in [1.807, 2.05) is 0 Å². The van der Waals surface area contributed by atoms with Gasteiger partial charge in [-0.15, -0.1) is 0 Å². The van der Waals surface area contributed by atoms with Gasteiger partial charge in [0.1, 0.15) is 0 Å². The molecule has 0 unspecified atom stereocenters. The summed E-state index contributed by atoms with van der Waals surface area (Å²) in [6.07, 6.45) is 0. The van der Waals surface area contributed by atoms with E-state index < -0.39 is 0 Å². The highest BCUT2D eigenvalue weighted by atomic mass is 79.9. The van der Waals surface area contributed by atoms with E-state index in [9.17, 15) is 0 Å². The van der Waals surface area contributed by atoms with Crippen LogP contribution in [-0.2, 0) is 0 Å². The molecule has 0 heterocycles. The lowest BCUT2D eigenvalue weighted by Gasteiger charge is -2.23. The van der Waals surface area contributed by atoms with E-state index in [-0.39, 0.29) is 0 Å². The first-order chi connectivity index (χ1) is 14.6. The van der Waals surface area contributed by atoms with Crippen molar-refractivity contribution in [1.82, 2.24) is 0 Å². The number of halogens is 1. The first-order valence-corrected chi connectivity index (χ1v) is 12.5. The minimum Gasteiger partial charge on any atom is -0.0617 e. The SMILES string of the molecule is CC(C)c1cccc(C(C)C)c1-c1cc(Br)cc(-c2c(C(C)C)cccc2C(C)C)c1. The van der Waals surface area contributed by atoms with Crippen molar-refractivity contribution in [2.45, 2.75) is 79.1 Å². The van der Waals surface area contributed by atoms with Gasteiger partial charge in [0.25, 0.3) is 0 Å². The van der Waals surface area contributed by atoms with Gasteiger partial charge >= 0.3 is 0 Å². The smallest absolute Gasteiger partial charge is 0.0187 e. The molecule has 3 aromatic rings. The van der Waals surface area contributed by atoms with Crippen molar-refractivity contribution < 1.29 is 0 Å². The Hall–Kier alpha value is -1.86. The Kier molecular flexibility index (Phi) is 7.47. The van der Waals surface area contributed by atoms with Crippen LogP contribution in [0.5, 0.6) is 0 Å². The van der Waals surface area contributed by atoms with Gasteiger partial charge in [-0.2, -0.15) is 0 Å². The second-order valence-electron chi connectivity index (χ2n) is 9.97. The summed E-state index contributed by atoms with van der Waals surface area (Å²) in [6, 6.07) is 20.7. The molecule has 0 amide bonds. The molecule has 3 aromatic carbocycles. The number of hydrogen-bond acceptors (Lipinski definition) is 0. The summed E-state index contributed by atoms with van der Waals surface area (Å²) in [4.78, 5) is 0. The zero-order chi connectivity index (χ0) is 22.9. The lowest BCUT2D eigenvalue weighted by Crippen LogP contribution is -2.02. The van der Waals surface area contributed by atoms with Crippen molar-refractivity contribution >= 4 is 15.9 Å². The Labute approximate surface area is 198 Å². The molecule has 0 saturated heterocycles. The zero-order valence-electron chi connectivity index (χ0n) is 20.4. The van der Waals surface area contributed by atoms with Crippen LogP contribution in [0.15, 0.2) is 59.1 Å². The number of benzene rings is 3. The lowest BCUT2D eigenvalue weighted by molar-refractivity contribution is 0.837. The molecule has 0 atom stereocenters. The fourth-order valence-corrected chi connectivity index (χ4v) is 5.14. The van der Waals surface area contributed by atoms with E-state index in [2.05, 4.69) is 126 Å². The molecule has 0 bridgehead atoms. The molecular formula is C30H37Br. The lowest BCUT2D eigenvalue weighted by atomic mass is 9.82. The third kappa shape index (κ3) is 4.98. The van der Waals surface area contributed by atoms with Gasteiger partial charge in [0, 0.05) is 4.47 Å². The van der Waals surface area contributed by atoms with Gasteiger partial charge < -0.3 is 0 Å². The highest BCUT2D eigenvalue weighted by Crippen LogP contribution is 2.42. The van der Waals surface area contributed by atoms with Gasteiger partial charge in [-0.05, 0) is 86.4 Å². The van der Waals surface area contributed by atoms with E-state index in [0.29, 0.717) is 23.7 Å². The Morgan fingerprint density at radius 1 is 0.484 bits per heavy atom. The summed E-state index contributed by atoms with van der Waals surface area (Å²) in [7, 11) is 0. The van der Waals surface area contributed by atoms with Crippen molar-refractivity contribution in [2.75, 3.05) is 0 Å². The van der Waals surface area contributed by atoms with Gasteiger partial charge in [-0.1, -0.05) is 108 Å². The van der Waals surface area contributed by atoms with Gasteiger partial charge in [-0.3, -0.25) is 0 Å². The van der Waals surface area contributed by atoms with Crippen LogP contribution in [0.25, 0.3) is 22.3 Å². The maximum atomic E-state index is 3.85. The first-order valence-electron chi connectivity index (χ1n) is 11.7. The molecule has 3 rings (SSSR count). The van der Waals surface area contributed by atoms with Gasteiger partial charge in [0.15, 0.2) is 0 Å². The summed E-state index contributed by atoms with van der Waals surface area (Å²) >= 11 is 3.85. The van der Waals surface area contributed by atoms with E-state index in [4.69, 9.17) is 0 Å². The van der Waals surface area contributed by atoms with E-state index in [0.717, 1.165) is 4.47 Å². The summed E-state index contributed by atoms with van der Waals surface area (Å²) in [5, 5.41) is 0. The Balaban J connectivity index is 2.36. The predicted octanol–water partition coefficient (Wildman–Crippen LogP) is 10.3. The van der Waals surface area contributed by atoms with Crippen LogP contribution in [0.2, 0.25) is 0 Å². The minimum atomic E-state index is 0.477. The minimum absolute atomic E-state index is 0.477. The number of rotatable bonds is 6. The summed E-state index contributed by atoms with van der Waals surface area (Å²) < 4.78 is 1.14. The molecule has 164 valence electrons. The Morgan fingerprint density at radius 2 is 0.774 bits per heavy atom. The van der Waals surface area contributed by atoms with Crippen LogP contribution in [0.1, 0.15) is 101 Å². The van der Waals surface area contributed by atoms with Crippen molar-refractivity contribution in [3.63, 3.8) is 0 Å². The van der Waals surface area contributed by atoms with Gasteiger partial charge in [-0.25, -0.2) is 0 Å². The highest BCUT2D eigenvalue weighted by Gasteiger charge is 2.19. The molecule has 0 spiro atoms. The van der Waals surface area contributed by atoms with Crippen molar-refractivity contribution in [2.24, 2.45) is 0 Å². The molecule has 0 saturated carbocycles. The van der Waals surface area contributed by atoms with Gasteiger partial charge in [0.2, 0.25) is 0 Å². The van der Waals surface area contributed by atoms with E-state index in [1.165, 1.54) is 44.5 Å². The summed E-state index contributed by atoms with van der Waals surface area (Å²) in [5.74, 6) is 1.91. The first kappa shape index (κ1) is 23.8. The van der Waals surface area contributed by atoms with Gasteiger partial charge in [0.05, 0.1) is 0 Å². The standard InChI is InChI=1S/C30H37Br/c1-18(2)25-11-9-12-26(19(3)4)29(25)22-15-23(17-24(31)16-22)30-27(20(5)6)13-10-14-28(30)21(7)8/h9-21H,1-8H3. The average molecular weight is 478 g/mol. The van der Waals surface area contributed by atoms with Crippen LogP contribution in [-0.4, -0.2) is 0 Å². The average Bonchev–Trinajstić information content (AvgIpc) is 2.71. The molecule has 0 N–H and O–H groups in total. The summed E-state index contributed by atoms with van der Waals surface area (Å²) in [6.45, 7) is 18.4. The monoisotopic (exact) mass is 476 g/mol. The van der Waals surface area contributed by atoms with Crippen molar-refractivity contribution in [1.29, 1.82) is 0 Å². The van der Waals surface area contributed by atoms with Crippen molar-refractivity contribution in [3.8, 4) is 22.3 Å². The molecule has 0 aliphatic carbocycles. The molecule has 0 radical (unpaired) electrons. The predicted molar refractivity (Wildman–Crippen MR) is 141 cm³/mol. The number of hydrogen-bond donors (Lipinski definition) is 0. The molecule has 0 nitrogen and oxygen atoms in total. The second-order valence-corrected chi connectivity index (χ2v) is 10.9. The molecule has 0 aromatic heterocycles. The topological polar surface area (TPSA) is 0 Å². The summed E-state index contributed by atoms with van der Waals surface area (Å²) in [5.41, 5.74) is 11.1. The fraction of sp³-hybridized carbons (Fsp3) is 0.400. The molecule has 0 aliphatic rings. The maximum absolute atomic E-state index is 3.85. The van der Waals surface area contributed by atoms with Crippen LogP contribution in [0, 0.1) is 0 Å². The third-order valence-electron chi connectivity index (χ3n) is 6.22. The fourth-order valence-electron chi connectivity index (χ4n) is 4.65. The maximum Gasteiger partial charge on any atom is 0.0187 e. The molecule has 31 heavy (non-hydrogen) atoms. The van der Waals surface area contributed by atoms with Crippen molar-refractivity contribution in [3.05, 3.63) is 81.3 Å². The zero-order valence-corrected chi connectivity index (χ0v) is 22.0. The Morgan fingerprint density at radius 3 is 1.03 bits per heavy atom. The molecule has 0 fully saturated rings. The second kappa shape index (κ2) is 9.74. The van der Waals surface area contributed by atoms with Crippen LogP contribution < -0.4 is 0 Å².